The van der Waals surface area contributed by atoms with Crippen molar-refractivity contribution in [3.8, 4) is 51.0 Å². The number of aromatic nitrogens is 5. The molecular weight excluding hydrogens is 663 g/mol. The summed E-state index contributed by atoms with van der Waals surface area (Å²) < 4.78 is 8.60. The van der Waals surface area contributed by atoms with Gasteiger partial charge in [-0.05, 0) is 65.0 Å². The summed E-state index contributed by atoms with van der Waals surface area (Å²) in [7, 11) is 0. The molecule has 0 aliphatic carbocycles. The first-order valence-corrected chi connectivity index (χ1v) is 18.0. The van der Waals surface area contributed by atoms with Gasteiger partial charge in [-0.3, -0.25) is 4.98 Å². The summed E-state index contributed by atoms with van der Waals surface area (Å²) in [6.07, 6.45) is 3.58. The van der Waals surface area contributed by atoms with E-state index in [1.54, 1.807) is 6.20 Å². The molecule has 0 aliphatic heterocycles. The van der Waals surface area contributed by atoms with Crippen LogP contribution in [0.1, 0.15) is 0 Å². The number of fused-ring (bicyclic) bond motifs is 8. The Morgan fingerprint density at radius 1 is 0.444 bits per heavy atom. The van der Waals surface area contributed by atoms with Crippen LogP contribution in [-0.4, -0.2) is 24.5 Å². The zero-order chi connectivity index (χ0) is 35.6. The molecule has 0 N–H and O–H groups in total. The van der Waals surface area contributed by atoms with Crippen LogP contribution in [0.5, 0.6) is 0 Å². The summed E-state index contributed by atoms with van der Waals surface area (Å²) in [6.45, 7) is 0. The van der Waals surface area contributed by atoms with Crippen LogP contribution in [0.15, 0.2) is 181 Å². The quantitative estimate of drug-likeness (QED) is 0.180. The van der Waals surface area contributed by atoms with Crippen molar-refractivity contribution < 1.29 is 4.42 Å². The molecule has 0 spiro atoms. The molecule has 6 heteroatoms. The Hall–Kier alpha value is -7.44. The number of nitrogens with zero attached hydrogens (tertiary/aromatic N) is 5. The smallest absolute Gasteiger partial charge is 0.164 e. The second-order valence-corrected chi connectivity index (χ2v) is 13.5. The minimum absolute atomic E-state index is 0.572. The molecule has 7 aromatic carbocycles. The highest BCUT2D eigenvalue weighted by Crippen LogP contribution is 2.43. The predicted octanol–water partition coefficient (Wildman–Crippen LogP) is 12.1. The number of para-hydroxylation sites is 1. The Morgan fingerprint density at radius 2 is 1.11 bits per heavy atom. The normalized spacial score (nSPS) is 11.7. The third-order valence-electron chi connectivity index (χ3n) is 10.3. The summed E-state index contributed by atoms with van der Waals surface area (Å²) in [4.78, 5) is 19.6. The number of rotatable bonds is 5. The highest BCUT2D eigenvalue weighted by Gasteiger charge is 2.21. The van der Waals surface area contributed by atoms with E-state index in [-0.39, 0.29) is 0 Å². The largest absolute Gasteiger partial charge is 0.456 e. The predicted molar refractivity (Wildman–Crippen MR) is 218 cm³/mol. The van der Waals surface area contributed by atoms with Gasteiger partial charge in [0, 0.05) is 61.7 Å². The number of pyridine rings is 1. The van der Waals surface area contributed by atoms with Crippen molar-refractivity contribution in [2.75, 3.05) is 0 Å². The van der Waals surface area contributed by atoms with Crippen molar-refractivity contribution in [3.05, 3.63) is 176 Å². The lowest BCUT2D eigenvalue weighted by atomic mass is 9.95. The maximum absolute atomic E-state index is 6.20. The molecule has 0 amide bonds. The van der Waals surface area contributed by atoms with E-state index < -0.39 is 0 Å². The highest BCUT2D eigenvalue weighted by atomic mass is 16.3. The molecule has 54 heavy (non-hydrogen) atoms. The maximum atomic E-state index is 6.20. The number of benzene rings is 7. The van der Waals surface area contributed by atoms with Crippen molar-refractivity contribution in [1.29, 1.82) is 0 Å². The molecule has 0 unspecified atom stereocenters. The van der Waals surface area contributed by atoms with E-state index in [0.717, 1.165) is 49.8 Å². The second kappa shape index (κ2) is 12.1. The molecule has 0 radical (unpaired) electrons. The van der Waals surface area contributed by atoms with E-state index in [9.17, 15) is 0 Å². The van der Waals surface area contributed by atoms with E-state index in [1.807, 2.05) is 60.8 Å². The third kappa shape index (κ3) is 4.74. The van der Waals surface area contributed by atoms with Gasteiger partial charge in [0.1, 0.15) is 11.2 Å². The van der Waals surface area contributed by atoms with Crippen LogP contribution in [0.2, 0.25) is 0 Å². The number of hydrogen-bond acceptors (Lipinski definition) is 5. The van der Waals surface area contributed by atoms with Gasteiger partial charge in [0.2, 0.25) is 0 Å². The SMILES string of the molecule is c1ccc(-c2nc(-c3ccc(-n4c5ccccc5c5c(-c6ccccc6)cc6ccccc6c54)cc3)nc(-c3cccc4oc5ccncc5c34)n2)cc1. The summed E-state index contributed by atoms with van der Waals surface area (Å²) in [5.41, 5.74) is 10.0. The van der Waals surface area contributed by atoms with Gasteiger partial charge in [0.05, 0.1) is 11.0 Å². The Balaban J connectivity index is 1.12. The van der Waals surface area contributed by atoms with E-state index in [0.29, 0.717) is 17.5 Å². The summed E-state index contributed by atoms with van der Waals surface area (Å²) in [5, 5.41) is 6.72. The van der Waals surface area contributed by atoms with Gasteiger partial charge in [-0.1, -0.05) is 115 Å². The van der Waals surface area contributed by atoms with E-state index in [2.05, 4.69) is 119 Å². The van der Waals surface area contributed by atoms with Crippen LogP contribution < -0.4 is 0 Å². The Kier molecular flexibility index (Phi) is 6.75. The topological polar surface area (TPSA) is 69.6 Å². The fourth-order valence-corrected chi connectivity index (χ4v) is 7.91. The Bertz CT molecular complexity index is 3200. The average Bonchev–Trinajstić information content (AvgIpc) is 3.81. The fourth-order valence-electron chi connectivity index (χ4n) is 7.91. The zero-order valence-electron chi connectivity index (χ0n) is 28.9. The Morgan fingerprint density at radius 3 is 1.91 bits per heavy atom. The van der Waals surface area contributed by atoms with E-state index in [4.69, 9.17) is 19.4 Å². The third-order valence-corrected chi connectivity index (χ3v) is 10.3. The molecule has 6 nitrogen and oxygen atoms in total. The zero-order valence-corrected chi connectivity index (χ0v) is 28.9. The second-order valence-electron chi connectivity index (χ2n) is 13.5. The van der Waals surface area contributed by atoms with Gasteiger partial charge < -0.3 is 8.98 Å². The monoisotopic (exact) mass is 691 g/mol. The molecule has 0 aliphatic rings. The van der Waals surface area contributed by atoms with Gasteiger partial charge in [-0.25, -0.2) is 15.0 Å². The van der Waals surface area contributed by atoms with Gasteiger partial charge in [-0.2, -0.15) is 0 Å². The molecule has 4 heterocycles. The summed E-state index contributed by atoms with van der Waals surface area (Å²) in [5.74, 6) is 1.76. The van der Waals surface area contributed by atoms with Crippen LogP contribution in [0.3, 0.4) is 0 Å². The summed E-state index contributed by atoms with van der Waals surface area (Å²) >= 11 is 0. The molecule has 0 fully saturated rings. The molecule has 0 atom stereocenters. The van der Waals surface area contributed by atoms with Gasteiger partial charge >= 0.3 is 0 Å². The lowest BCUT2D eigenvalue weighted by molar-refractivity contribution is 0.668. The number of hydrogen-bond donors (Lipinski definition) is 0. The van der Waals surface area contributed by atoms with Gasteiger partial charge in [0.25, 0.3) is 0 Å². The van der Waals surface area contributed by atoms with Crippen LogP contribution in [0.4, 0.5) is 0 Å². The molecule has 11 aromatic rings. The van der Waals surface area contributed by atoms with Crippen LogP contribution >= 0.6 is 0 Å². The van der Waals surface area contributed by atoms with Crippen molar-refractivity contribution in [2.24, 2.45) is 0 Å². The van der Waals surface area contributed by atoms with Crippen LogP contribution in [0, 0.1) is 0 Å². The first kappa shape index (κ1) is 30.2. The molecule has 11 rings (SSSR count). The molecule has 4 aromatic heterocycles. The molecule has 0 bridgehead atoms. The minimum atomic E-state index is 0.572. The standard InChI is InChI=1S/C48H29N5O/c1-3-12-30(13-4-1)38-28-33-16-7-8-17-35(33)45-44(38)36-18-9-10-20-40(36)53(45)34-24-22-32(23-25-34)47-50-46(31-14-5-2-6-15-31)51-48(52-47)37-19-11-21-42-43(37)39-29-49-27-26-41(39)54-42/h1-29H. The van der Waals surface area contributed by atoms with Crippen LogP contribution in [0.25, 0.3) is 105 Å². The maximum Gasteiger partial charge on any atom is 0.164 e. The first-order chi connectivity index (χ1) is 26.8. The lowest BCUT2D eigenvalue weighted by Gasteiger charge is -2.13. The van der Waals surface area contributed by atoms with Crippen molar-refractivity contribution in [2.45, 2.75) is 0 Å². The van der Waals surface area contributed by atoms with Crippen LogP contribution in [-0.2, 0) is 0 Å². The lowest BCUT2D eigenvalue weighted by Crippen LogP contribution is -2.01. The summed E-state index contributed by atoms with van der Waals surface area (Å²) in [6, 6.07) is 56.9. The van der Waals surface area contributed by atoms with Crippen molar-refractivity contribution in [1.82, 2.24) is 24.5 Å². The fraction of sp³-hybridized carbons (Fsp3) is 0. The van der Waals surface area contributed by atoms with Crippen molar-refractivity contribution in [3.63, 3.8) is 0 Å². The molecule has 252 valence electrons. The van der Waals surface area contributed by atoms with E-state index >= 15 is 0 Å². The van der Waals surface area contributed by atoms with Gasteiger partial charge in [-0.15, -0.1) is 0 Å². The highest BCUT2D eigenvalue weighted by molar-refractivity contribution is 6.24. The number of furan rings is 1. The average molecular weight is 692 g/mol. The molecular formula is C48H29N5O. The minimum Gasteiger partial charge on any atom is -0.456 e. The first-order valence-electron chi connectivity index (χ1n) is 18.0. The van der Waals surface area contributed by atoms with Gasteiger partial charge in [0.15, 0.2) is 17.5 Å². The Labute approximate surface area is 309 Å². The molecule has 0 saturated heterocycles. The van der Waals surface area contributed by atoms with E-state index in [1.165, 1.54) is 38.2 Å². The van der Waals surface area contributed by atoms with Crippen molar-refractivity contribution >= 4 is 54.5 Å². The molecule has 0 saturated carbocycles.